The number of nitrogens with one attached hydrogen (secondary N) is 1. The van der Waals surface area contributed by atoms with Gasteiger partial charge in [0.2, 0.25) is 0 Å². The van der Waals surface area contributed by atoms with Crippen LogP contribution in [0, 0.1) is 0 Å². The number of benzene rings is 1. The molecule has 0 bridgehead atoms. The maximum atomic E-state index is 12.9. The van der Waals surface area contributed by atoms with Crippen LogP contribution < -0.4 is 10.5 Å². The number of hydrogen-bond acceptors (Lipinski definition) is 3. The van der Waals surface area contributed by atoms with E-state index in [1.165, 1.54) is 0 Å². The van der Waals surface area contributed by atoms with E-state index >= 15 is 0 Å². The molecular formula is C20H27N4O2+. The third-order valence-electron chi connectivity index (χ3n) is 5.82. The number of aryl methyl sites for hydroxylation is 1. The summed E-state index contributed by atoms with van der Waals surface area (Å²) in [5.74, 6) is 0.920. The van der Waals surface area contributed by atoms with Gasteiger partial charge in [-0.25, -0.2) is 4.98 Å². The summed E-state index contributed by atoms with van der Waals surface area (Å²) >= 11 is 0. The van der Waals surface area contributed by atoms with E-state index in [2.05, 4.69) is 6.92 Å². The summed E-state index contributed by atoms with van der Waals surface area (Å²) in [7, 11) is 0. The minimum absolute atomic E-state index is 0.0334. The van der Waals surface area contributed by atoms with Crippen LogP contribution in [0.2, 0.25) is 0 Å². The highest BCUT2D eigenvalue weighted by Gasteiger charge is 2.24. The second kappa shape index (κ2) is 7.19. The predicted octanol–water partition coefficient (Wildman–Crippen LogP) is 0.484. The largest absolute Gasteiger partial charge is 0.332 e. The fourth-order valence-corrected chi connectivity index (χ4v) is 4.11. The highest BCUT2D eigenvalue weighted by Crippen LogP contribution is 2.17. The molecule has 1 aromatic heterocycles. The van der Waals surface area contributed by atoms with Gasteiger partial charge in [0, 0.05) is 18.5 Å². The number of carbonyl (C=O) groups excluding carboxylic acids is 1. The van der Waals surface area contributed by atoms with Gasteiger partial charge in [0.05, 0.1) is 43.6 Å². The zero-order valence-corrected chi connectivity index (χ0v) is 15.5. The number of rotatable bonds is 2. The van der Waals surface area contributed by atoms with Crippen molar-refractivity contribution in [3.8, 4) is 0 Å². The van der Waals surface area contributed by atoms with Gasteiger partial charge in [-0.15, -0.1) is 0 Å². The van der Waals surface area contributed by atoms with Crippen LogP contribution >= 0.6 is 0 Å². The van der Waals surface area contributed by atoms with Gasteiger partial charge in [-0.05, 0) is 38.0 Å². The van der Waals surface area contributed by atoms with Crippen molar-refractivity contribution in [2.75, 3.05) is 32.7 Å². The number of nitrogens with zero attached hydrogens (tertiary/aromatic N) is 3. The highest BCUT2D eigenvalue weighted by atomic mass is 16.2. The lowest BCUT2D eigenvalue weighted by Crippen LogP contribution is -3.14. The summed E-state index contributed by atoms with van der Waals surface area (Å²) in [6, 6.07) is 5.38. The van der Waals surface area contributed by atoms with Crippen molar-refractivity contribution < 1.29 is 9.69 Å². The Hall–Kier alpha value is -2.21. The van der Waals surface area contributed by atoms with E-state index in [0.717, 1.165) is 70.8 Å². The molecule has 0 spiro atoms. The van der Waals surface area contributed by atoms with Gasteiger partial charge in [-0.1, -0.05) is 6.42 Å². The zero-order chi connectivity index (χ0) is 18.1. The molecule has 1 fully saturated rings. The number of likely N-dealkylation sites (N-methyl/N-ethyl adjacent to an activating group) is 1. The van der Waals surface area contributed by atoms with Gasteiger partial charge in [-0.2, -0.15) is 0 Å². The van der Waals surface area contributed by atoms with E-state index in [-0.39, 0.29) is 11.5 Å². The number of piperazine rings is 1. The summed E-state index contributed by atoms with van der Waals surface area (Å²) in [6.07, 6.45) is 4.07. The van der Waals surface area contributed by atoms with Crippen molar-refractivity contribution in [2.24, 2.45) is 0 Å². The molecule has 6 nitrogen and oxygen atoms in total. The number of quaternary nitrogens is 1. The topological polar surface area (TPSA) is 59.6 Å². The standard InChI is InChI=1S/C20H26N4O2/c1-2-22-10-12-23(13-11-22)19(25)15-7-8-16-17(14-15)21-18-6-4-3-5-9-24(18)20(16)26/h7-8,14H,2-6,9-13H2,1H3/p+1. The van der Waals surface area contributed by atoms with E-state index in [0.29, 0.717) is 16.5 Å². The molecule has 0 radical (unpaired) electrons. The zero-order valence-electron chi connectivity index (χ0n) is 15.5. The molecule has 138 valence electrons. The second-order valence-electron chi connectivity index (χ2n) is 7.42. The van der Waals surface area contributed by atoms with Gasteiger partial charge >= 0.3 is 0 Å². The number of amides is 1. The minimum Gasteiger partial charge on any atom is -0.332 e. The monoisotopic (exact) mass is 355 g/mol. The van der Waals surface area contributed by atoms with Gasteiger partial charge in [0.25, 0.3) is 11.5 Å². The van der Waals surface area contributed by atoms with Crippen LogP contribution in [0.3, 0.4) is 0 Å². The smallest absolute Gasteiger partial charge is 0.261 e. The fourth-order valence-electron chi connectivity index (χ4n) is 4.11. The summed E-state index contributed by atoms with van der Waals surface area (Å²) in [4.78, 5) is 33.9. The lowest BCUT2D eigenvalue weighted by atomic mass is 10.1. The van der Waals surface area contributed by atoms with Gasteiger partial charge in [0.15, 0.2) is 0 Å². The molecule has 1 N–H and O–H groups in total. The summed E-state index contributed by atoms with van der Waals surface area (Å²) in [5, 5.41) is 0.618. The highest BCUT2D eigenvalue weighted by molar-refractivity contribution is 5.97. The van der Waals surface area contributed by atoms with Crippen LogP contribution in [0.5, 0.6) is 0 Å². The third kappa shape index (κ3) is 3.14. The Bertz CT molecular complexity index is 881. The SMILES string of the molecule is CC[NH+]1CCN(C(=O)c2ccc3c(=O)n4c(nc3c2)CCCCC4)CC1. The molecule has 0 unspecified atom stereocenters. The first-order chi connectivity index (χ1) is 12.7. The molecule has 2 aromatic rings. The van der Waals surface area contributed by atoms with Crippen molar-refractivity contribution in [1.29, 1.82) is 0 Å². The molecule has 3 heterocycles. The number of carbonyl (C=O) groups is 1. The van der Waals surface area contributed by atoms with Crippen molar-refractivity contribution in [2.45, 2.75) is 39.2 Å². The van der Waals surface area contributed by atoms with Crippen molar-refractivity contribution in [3.63, 3.8) is 0 Å². The molecule has 0 saturated carbocycles. The molecule has 2 aliphatic rings. The molecule has 2 aliphatic heterocycles. The quantitative estimate of drug-likeness (QED) is 0.853. The van der Waals surface area contributed by atoms with Crippen LogP contribution in [0.1, 0.15) is 42.4 Å². The molecule has 0 aliphatic carbocycles. The fraction of sp³-hybridized carbons (Fsp3) is 0.550. The Morgan fingerprint density at radius 2 is 1.96 bits per heavy atom. The van der Waals surface area contributed by atoms with Crippen molar-refractivity contribution in [1.82, 2.24) is 14.5 Å². The Morgan fingerprint density at radius 1 is 1.15 bits per heavy atom. The average molecular weight is 355 g/mol. The van der Waals surface area contributed by atoms with E-state index in [4.69, 9.17) is 4.98 Å². The first-order valence-electron chi connectivity index (χ1n) is 9.83. The minimum atomic E-state index is 0.0334. The lowest BCUT2D eigenvalue weighted by molar-refractivity contribution is -0.902. The Labute approximate surface area is 153 Å². The molecule has 1 amide bonds. The van der Waals surface area contributed by atoms with Crippen LogP contribution in [0.15, 0.2) is 23.0 Å². The van der Waals surface area contributed by atoms with E-state index in [9.17, 15) is 9.59 Å². The predicted molar refractivity (Wildman–Crippen MR) is 101 cm³/mol. The second-order valence-corrected chi connectivity index (χ2v) is 7.42. The van der Waals surface area contributed by atoms with Crippen molar-refractivity contribution in [3.05, 3.63) is 39.9 Å². The molecular weight excluding hydrogens is 328 g/mol. The van der Waals surface area contributed by atoms with Crippen LogP contribution in [0.25, 0.3) is 10.9 Å². The Balaban J connectivity index is 1.65. The van der Waals surface area contributed by atoms with Crippen LogP contribution in [0.4, 0.5) is 0 Å². The molecule has 26 heavy (non-hydrogen) atoms. The summed E-state index contributed by atoms with van der Waals surface area (Å²) in [6.45, 7) is 7.63. The van der Waals surface area contributed by atoms with E-state index in [1.807, 2.05) is 15.5 Å². The third-order valence-corrected chi connectivity index (χ3v) is 5.82. The summed E-state index contributed by atoms with van der Waals surface area (Å²) in [5.41, 5.74) is 1.33. The van der Waals surface area contributed by atoms with Gasteiger partial charge < -0.3 is 9.80 Å². The van der Waals surface area contributed by atoms with Gasteiger partial charge in [-0.3, -0.25) is 14.2 Å². The van der Waals surface area contributed by atoms with Crippen LogP contribution in [-0.4, -0.2) is 53.1 Å². The number of fused-ring (bicyclic) bond motifs is 2. The lowest BCUT2D eigenvalue weighted by Gasteiger charge is -2.31. The van der Waals surface area contributed by atoms with Crippen LogP contribution in [-0.2, 0) is 13.0 Å². The molecule has 1 saturated heterocycles. The molecule has 6 heteroatoms. The van der Waals surface area contributed by atoms with Crippen molar-refractivity contribution >= 4 is 16.8 Å². The Morgan fingerprint density at radius 3 is 2.73 bits per heavy atom. The Kier molecular flexibility index (Phi) is 4.76. The first kappa shape index (κ1) is 17.2. The molecule has 1 aromatic carbocycles. The maximum absolute atomic E-state index is 12.9. The summed E-state index contributed by atoms with van der Waals surface area (Å²) < 4.78 is 1.82. The molecule has 0 atom stereocenters. The average Bonchev–Trinajstić information content (AvgIpc) is 2.93. The number of aromatic nitrogens is 2. The first-order valence-corrected chi connectivity index (χ1v) is 9.83. The maximum Gasteiger partial charge on any atom is 0.261 e. The molecule has 4 rings (SSSR count). The van der Waals surface area contributed by atoms with E-state index in [1.54, 1.807) is 17.0 Å². The normalized spacial score (nSPS) is 18.6. The number of hydrogen-bond donors (Lipinski definition) is 1. The van der Waals surface area contributed by atoms with E-state index < -0.39 is 0 Å². The van der Waals surface area contributed by atoms with Gasteiger partial charge in [0.1, 0.15) is 5.82 Å².